The molecule has 1 N–H and O–H groups in total. The second-order valence-corrected chi connectivity index (χ2v) is 6.57. The Morgan fingerprint density at radius 2 is 1.95 bits per heavy atom. The van der Waals surface area contributed by atoms with Crippen LogP contribution in [0.3, 0.4) is 0 Å². The Kier molecular flexibility index (Phi) is 4.89. The highest BCUT2D eigenvalue weighted by molar-refractivity contribution is 5.75. The van der Waals surface area contributed by atoms with Gasteiger partial charge in [0.25, 0.3) is 0 Å². The van der Waals surface area contributed by atoms with E-state index in [0.29, 0.717) is 19.6 Å². The van der Waals surface area contributed by atoms with Crippen molar-refractivity contribution in [2.24, 2.45) is 5.41 Å². The monoisotopic (exact) mass is 296 g/mol. The second-order valence-electron chi connectivity index (χ2n) is 6.57. The SMILES string of the molecule is CC(C)(C)[C@H](O)CN1CCN(C(=O)Cn2cnnn2)CC1. The van der Waals surface area contributed by atoms with Crippen LogP contribution in [0.2, 0.25) is 0 Å². The van der Waals surface area contributed by atoms with Crippen LogP contribution in [-0.4, -0.2) is 79.8 Å². The number of carbonyl (C=O) groups is 1. The Morgan fingerprint density at radius 1 is 1.29 bits per heavy atom. The molecule has 0 aromatic carbocycles. The number of aliphatic hydroxyl groups excluding tert-OH is 1. The van der Waals surface area contributed by atoms with E-state index in [1.165, 1.54) is 11.0 Å². The van der Waals surface area contributed by atoms with E-state index in [1.807, 2.05) is 25.7 Å². The molecule has 0 saturated carbocycles. The molecule has 1 fully saturated rings. The zero-order chi connectivity index (χ0) is 15.5. The zero-order valence-electron chi connectivity index (χ0n) is 12.9. The van der Waals surface area contributed by atoms with Gasteiger partial charge in [0.1, 0.15) is 12.9 Å². The minimum absolute atomic E-state index is 0.0262. The highest BCUT2D eigenvalue weighted by atomic mass is 16.3. The van der Waals surface area contributed by atoms with Crippen molar-refractivity contribution in [2.75, 3.05) is 32.7 Å². The number of aliphatic hydroxyl groups is 1. The van der Waals surface area contributed by atoms with Gasteiger partial charge in [-0.05, 0) is 15.8 Å². The average Bonchev–Trinajstić information content (AvgIpc) is 2.91. The Hall–Kier alpha value is -1.54. The van der Waals surface area contributed by atoms with Crippen LogP contribution in [0.15, 0.2) is 6.33 Å². The molecule has 1 amide bonds. The van der Waals surface area contributed by atoms with Crippen LogP contribution in [0, 0.1) is 5.41 Å². The zero-order valence-corrected chi connectivity index (χ0v) is 12.9. The topological polar surface area (TPSA) is 87.4 Å². The molecule has 8 heteroatoms. The van der Waals surface area contributed by atoms with E-state index in [9.17, 15) is 9.90 Å². The summed E-state index contributed by atoms with van der Waals surface area (Å²) >= 11 is 0. The molecule has 0 aliphatic carbocycles. The Bertz CT molecular complexity index is 448. The van der Waals surface area contributed by atoms with Crippen molar-refractivity contribution in [3.8, 4) is 0 Å². The van der Waals surface area contributed by atoms with E-state index in [-0.39, 0.29) is 24.0 Å². The predicted molar refractivity (Wildman–Crippen MR) is 76.3 cm³/mol. The van der Waals surface area contributed by atoms with Crippen LogP contribution in [0.1, 0.15) is 20.8 Å². The second kappa shape index (κ2) is 6.48. The molecule has 1 aromatic heterocycles. The lowest BCUT2D eigenvalue weighted by Gasteiger charge is -2.37. The number of carbonyl (C=O) groups excluding carboxylic acids is 1. The number of tetrazole rings is 1. The number of amides is 1. The normalized spacial score (nSPS) is 18.8. The van der Waals surface area contributed by atoms with E-state index in [2.05, 4.69) is 20.4 Å². The maximum Gasteiger partial charge on any atom is 0.244 e. The number of piperazine rings is 1. The van der Waals surface area contributed by atoms with Gasteiger partial charge in [0.2, 0.25) is 5.91 Å². The summed E-state index contributed by atoms with van der Waals surface area (Å²) in [6, 6.07) is 0. The Labute approximate surface area is 124 Å². The molecule has 118 valence electrons. The summed E-state index contributed by atoms with van der Waals surface area (Å²) in [7, 11) is 0. The minimum atomic E-state index is -0.360. The maximum absolute atomic E-state index is 12.1. The van der Waals surface area contributed by atoms with Gasteiger partial charge in [-0.15, -0.1) is 5.10 Å². The molecule has 0 spiro atoms. The standard InChI is InChI=1S/C13H24N6O2/c1-13(2,3)11(20)8-17-4-6-18(7-5-17)12(21)9-19-10-14-15-16-19/h10-11,20H,4-9H2,1-3H3/t11-/m1/s1. The molecule has 1 aliphatic heterocycles. The van der Waals surface area contributed by atoms with Crippen molar-refractivity contribution >= 4 is 5.91 Å². The van der Waals surface area contributed by atoms with Crippen molar-refractivity contribution in [1.82, 2.24) is 30.0 Å². The van der Waals surface area contributed by atoms with Crippen LogP contribution in [0.4, 0.5) is 0 Å². The number of hydrogen-bond donors (Lipinski definition) is 1. The summed E-state index contributed by atoms with van der Waals surface area (Å²) in [5.41, 5.74) is -0.118. The Balaban J connectivity index is 1.76. The van der Waals surface area contributed by atoms with E-state index in [1.54, 1.807) is 0 Å². The largest absolute Gasteiger partial charge is 0.391 e. The van der Waals surface area contributed by atoms with Crippen molar-refractivity contribution in [1.29, 1.82) is 0 Å². The third kappa shape index (κ3) is 4.47. The number of β-amino-alcohol motifs (C(OH)–C–C–N with tert-alkyl or cyclic N) is 1. The molecular formula is C13H24N6O2. The molecule has 1 saturated heterocycles. The van der Waals surface area contributed by atoms with Gasteiger partial charge in [0, 0.05) is 32.7 Å². The molecule has 1 aromatic rings. The first-order valence-corrected chi connectivity index (χ1v) is 7.25. The van der Waals surface area contributed by atoms with Gasteiger partial charge < -0.3 is 10.0 Å². The Morgan fingerprint density at radius 3 is 2.48 bits per heavy atom. The molecule has 8 nitrogen and oxygen atoms in total. The smallest absolute Gasteiger partial charge is 0.244 e. The molecule has 21 heavy (non-hydrogen) atoms. The van der Waals surface area contributed by atoms with Crippen LogP contribution in [0.5, 0.6) is 0 Å². The fourth-order valence-corrected chi connectivity index (χ4v) is 2.19. The first kappa shape index (κ1) is 15.8. The highest BCUT2D eigenvalue weighted by Gasteiger charge is 2.27. The minimum Gasteiger partial charge on any atom is -0.391 e. The van der Waals surface area contributed by atoms with Crippen LogP contribution < -0.4 is 0 Å². The molecule has 2 rings (SSSR count). The number of rotatable bonds is 4. The van der Waals surface area contributed by atoms with Crippen LogP contribution in [0.25, 0.3) is 0 Å². The maximum atomic E-state index is 12.1. The fourth-order valence-electron chi connectivity index (χ4n) is 2.19. The number of nitrogens with zero attached hydrogens (tertiary/aromatic N) is 6. The highest BCUT2D eigenvalue weighted by Crippen LogP contribution is 2.20. The average molecular weight is 296 g/mol. The molecule has 0 radical (unpaired) electrons. The van der Waals surface area contributed by atoms with Crippen molar-refractivity contribution in [2.45, 2.75) is 33.4 Å². The van der Waals surface area contributed by atoms with Crippen molar-refractivity contribution < 1.29 is 9.90 Å². The third-order valence-corrected chi connectivity index (χ3v) is 3.84. The number of hydrogen-bond acceptors (Lipinski definition) is 6. The summed E-state index contributed by atoms with van der Waals surface area (Å²) in [5, 5.41) is 20.9. The lowest BCUT2D eigenvalue weighted by molar-refractivity contribution is -0.134. The molecule has 1 atom stereocenters. The van der Waals surface area contributed by atoms with Gasteiger partial charge in [0.05, 0.1) is 6.10 Å². The molecule has 1 aliphatic rings. The summed E-state index contributed by atoms with van der Waals surface area (Å²) in [6.45, 7) is 9.85. The van der Waals surface area contributed by atoms with Gasteiger partial charge in [-0.25, -0.2) is 4.68 Å². The third-order valence-electron chi connectivity index (χ3n) is 3.84. The fraction of sp³-hybridized carbons (Fsp3) is 0.846. The molecule has 2 heterocycles. The quantitative estimate of drug-likeness (QED) is 0.784. The van der Waals surface area contributed by atoms with E-state index in [0.717, 1.165) is 13.1 Å². The summed E-state index contributed by atoms with van der Waals surface area (Å²) in [6.07, 6.45) is 1.08. The van der Waals surface area contributed by atoms with Gasteiger partial charge in [-0.2, -0.15) is 0 Å². The predicted octanol–water partition coefficient (Wildman–Crippen LogP) is -0.776. The summed E-state index contributed by atoms with van der Waals surface area (Å²) < 4.78 is 1.43. The van der Waals surface area contributed by atoms with Crippen molar-refractivity contribution in [3.63, 3.8) is 0 Å². The van der Waals surface area contributed by atoms with Gasteiger partial charge >= 0.3 is 0 Å². The summed E-state index contributed by atoms with van der Waals surface area (Å²) in [5.74, 6) is 0.0262. The van der Waals surface area contributed by atoms with Crippen LogP contribution in [-0.2, 0) is 11.3 Å². The first-order chi connectivity index (χ1) is 9.86. The van der Waals surface area contributed by atoms with E-state index < -0.39 is 0 Å². The number of aromatic nitrogens is 4. The van der Waals surface area contributed by atoms with Gasteiger partial charge in [-0.3, -0.25) is 9.69 Å². The lowest BCUT2D eigenvalue weighted by atomic mass is 9.89. The van der Waals surface area contributed by atoms with Crippen molar-refractivity contribution in [3.05, 3.63) is 6.33 Å². The van der Waals surface area contributed by atoms with E-state index in [4.69, 9.17) is 0 Å². The first-order valence-electron chi connectivity index (χ1n) is 7.25. The lowest BCUT2D eigenvalue weighted by Crippen LogP contribution is -2.52. The van der Waals surface area contributed by atoms with Gasteiger partial charge in [-0.1, -0.05) is 20.8 Å². The van der Waals surface area contributed by atoms with Gasteiger partial charge in [0.15, 0.2) is 0 Å². The summed E-state index contributed by atoms with van der Waals surface area (Å²) in [4.78, 5) is 16.1. The van der Waals surface area contributed by atoms with E-state index >= 15 is 0 Å². The molecule has 0 unspecified atom stereocenters. The molecular weight excluding hydrogens is 272 g/mol. The molecule has 0 bridgehead atoms. The van der Waals surface area contributed by atoms with Crippen LogP contribution >= 0.6 is 0 Å².